The van der Waals surface area contributed by atoms with Crippen molar-refractivity contribution in [2.24, 2.45) is 0 Å². The minimum atomic E-state index is -0.433. The van der Waals surface area contributed by atoms with Crippen molar-refractivity contribution in [1.82, 2.24) is 20.1 Å². The first-order chi connectivity index (χ1) is 16.5. The zero-order valence-corrected chi connectivity index (χ0v) is 19.2. The molecule has 0 saturated heterocycles. The second-order valence-electron chi connectivity index (χ2n) is 7.24. The van der Waals surface area contributed by atoms with Gasteiger partial charge in [0.05, 0.1) is 18.0 Å². The summed E-state index contributed by atoms with van der Waals surface area (Å²) in [5.41, 5.74) is 1.80. The van der Waals surface area contributed by atoms with Gasteiger partial charge in [-0.25, -0.2) is 8.78 Å². The number of hydrogen-bond acceptors (Lipinski definition) is 5. The summed E-state index contributed by atoms with van der Waals surface area (Å²) in [6.45, 7) is 2.73. The predicted molar refractivity (Wildman–Crippen MR) is 127 cm³/mol. The highest BCUT2D eigenvalue weighted by Gasteiger charge is 2.19. The monoisotopic (exact) mass is 480 g/mol. The molecule has 6 nitrogen and oxygen atoms in total. The van der Waals surface area contributed by atoms with Crippen LogP contribution in [0.2, 0.25) is 0 Å². The number of nitrogens with one attached hydrogen (secondary N) is 1. The van der Waals surface area contributed by atoms with E-state index in [9.17, 15) is 13.6 Å². The molecule has 0 fully saturated rings. The van der Waals surface area contributed by atoms with Gasteiger partial charge in [0.2, 0.25) is 5.91 Å². The largest absolute Gasteiger partial charge is 0.494 e. The first-order valence-corrected chi connectivity index (χ1v) is 11.6. The number of thioether (sulfide) groups is 1. The maximum absolute atomic E-state index is 14.7. The zero-order chi connectivity index (χ0) is 23.9. The Morgan fingerprint density at radius 3 is 2.44 bits per heavy atom. The molecule has 1 heterocycles. The van der Waals surface area contributed by atoms with Crippen LogP contribution in [-0.2, 0) is 11.3 Å². The van der Waals surface area contributed by atoms with E-state index in [1.165, 1.54) is 18.2 Å². The normalized spacial score (nSPS) is 10.8. The Balaban J connectivity index is 1.54. The third-order valence-electron chi connectivity index (χ3n) is 4.89. The lowest BCUT2D eigenvalue weighted by molar-refractivity contribution is -0.118. The van der Waals surface area contributed by atoms with Gasteiger partial charge in [0.1, 0.15) is 17.4 Å². The molecule has 4 aromatic rings. The number of nitrogens with zero attached hydrogens (tertiary/aromatic N) is 3. The van der Waals surface area contributed by atoms with E-state index < -0.39 is 5.82 Å². The zero-order valence-electron chi connectivity index (χ0n) is 18.4. The molecule has 34 heavy (non-hydrogen) atoms. The molecule has 1 aromatic heterocycles. The summed E-state index contributed by atoms with van der Waals surface area (Å²) in [4.78, 5) is 12.4. The van der Waals surface area contributed by atoms with Crippen molar-refractivity contribution >= 4 is 17.7 Å². The van der Waals surface area contributed by atoms with Crippen molar-refractivity contribution in [3.8, 4) is 22.8 Å². The minimum absolute atomic E-state index is 0.0526. The Bertz CT molecular complexity index is 1260. The highest BCUT2D eigenvalue weighted by molar-refractivity contribution is 7.99. The van der Waals surface area contributed by atoms with Crippen molar-refractivity contribution in [2.45, 2.75) is 18.6 Å². The van der Waals surface area contributed by atoms with Gasteiger partial charge in [-0.1, -0.05) is 36.0 Å². The van der Waals surface area contributed by atoms with Gasteiger partial charge in [0, 0.05) is 12.1 Å². The van der Waals surface area contributed by atoms with Gasteiger partial charge >= 0.3 is 0 Å². The maximum Gasteiger partial charge on any atom is 0.230 e. The van der Waals surface area contributed by atoms with Crippen molar-refractivity contribution in [1.29, 1.82) is 0 Å². The second-order valence-corrected chi connectivity index (χ2v) is 8.18. The summed E-state index contributed by atoms with van der Waals surface area (Å²) in [7, 11) is 0. The van der Waals surface area contributed by atoms with Gasteiger partial charge in [-0.2, -0.15) is 0 Å². The van der Waals surface area contributed by atoms with Gasteiger partial charge in [-0.3, -0.25) is 9.36 Å². The van der Waals surface area contributed by atoms with Crippen molar-refractivity contribution in [3.63, 3.8) is 0 Å². The van der Waals surface area contributed by atoms with Crippen LogP contribution in [0.15, 0.2) is 78.0 Å². The molecule has 9 heteroatoms. The molecular weight excluding hydrogens is 458 g/mol. The lowest BCUT2D eigenvalue weighted by Crippen LogP contribution is -2.24. The van der Waals surface area contributed by atoms with Gasteiger partial charge in [0.15, 0.2) is 11.0 Å². The number of para-hydroxylation sites is 1. The van der Waals surface area contributed by atoms with E-state index in [2.05, 4.69) is 15.5 Å². The third-order valence-corrected chi connectivity index (χ3v) is 5.81. The van der Waals surface area contributed by atoms with Crippen molar-refractivity contribution in [2.75, 3.05) is 12.4 Å². The summed E-state index contributed by atoms with van der Waals surface area (Å²) < 4.78 is 34.8. The molecule has 0 saturated carbocycles. The number of rotatable bonds is 9. The van der Waals surface area contributed by atoms with Crippen molar-refractivity contribution < 1.29 is 18.3 Å². The number of hydrogen-bond donors (Lipinski definition) is 1. The van der Waals surface area contributed by atoms with Crippen LogP contribution < -0.4 is 10.1 Å². The maximum atomic E-state index is 14.7. The van der Waals surface area contributed by atoms with Crippen molar-refractivity contribution in [3.05, 3.63) is 90.0 Å². The van der Waals surface area contributed by atoms with E-state index in [-0.39, 0.29) is 29.7 Å². The molecule has 0 aliphatic heterocycles. The van der Waals surface area contributed by atoms with E-state index in [1.54, 1.807) is 34.9 Å². The molecule has 1 N–H and O–H groups in total. The Hall–Kier alpha value is -3.72. The molecule has 0 aliphatic carbocycles. The third kappa shape index (κ3) is 5.60. The van der Waals surface area contributed by atoms with Crippen LogP contribution in [-0.4, -0.2) is 33.0 Å². The summed E-state index contributed by atoms with van der Waals surface area (Å²) in [6, 6.07) is 19.5. The summed E-state index contributed by atoms with van der Waals surface area (Å²) in [5, 5.41) is 11.7. The van der Waals surface area contributed by atoms with Crippen LogP contribution >= 0.6 is 11.8 Å². The Kier molecular flexibility index (Phi) is 7.54. The van der Waals surface area contributed by atoms with E-state index in [0.717, 1.165) is 28.6 Å². The number of halogens is 2. The molecular formula is C25H22F2N4O2S. The highest BCUT2D eigenvalue weighted by atomic mass is 32.2. The minimum Gasteiger partial charge on any atom is -0.494 e. The molecule has 4 rings (SSSR count). The number of aromatic nitrogens is 3. The topological polar surface area (TPSA) is 69.0 Å². The van der Waals surface area contributed by atoms with Crippen LogP contribution in [0.1, 0.15) is 12.5 Å². The first-order valence-electron chi connectivity index (χ1n) is 10.6. The lowest BCUT2D eigenvalue weighted by Gasteiger charge is -2.12. The van der Waals surface area contributed by atoms with Crippen LogP contribution in [0.5, 0.6) is 5.75 Å². The van der Waals surface area contributed by atoms with E-state index in [4.69, 9.17) is 4.74 Å². The summed E-state index contributed by atoms with van der Waals surface area (Å²) in [6.07, 6.45) is 0. The Labute approximate surface area is 200 Å². The Morgan fingerprint density at radius 1 is 1.00 bits per heavy atom. The lowest BCUT2D eigenvalue weighted by atomic mass is 10.2. The molecule has 174 valence electrons. The standard InChI is InChI=1S/C25H22F2N4O2S/c1-2-33-20-13-9-18(10-14-20)24-29-30-25(31(24)22-6-4-3-5-21(22)27)34-16-23(32)28-15-17-7-11-19(26)12-8-17/h3-14H,2,15-16H2,1H3,(H,28,32). The molecule has 0 radical (unpaired) electrons. The predicted octanol–water partition coefficient (Wildman–Crippen LogP) is 5.02. The number of carbonyl (C=O) groups is 1. The fourth-order valence-electron chi connectivity index (χ4n) is 3.25. The average molecular weight is 481 g/mol. The fourth-order valence-corrected chi connectivity index (χ4v) is 4.03. The molecule has 0 aliphatic rings. The van der Waals surface area contributed by atoms with Crippen LogP contribution in [0.4, 0.5) is 8.78 Å². The fraction of sp³-hybridized carbons (Fsp3) is 0.160. The van der Waals surface area contributed by atoms with Crippen LogP contribution in [0, 0.1) is 11.6 Å². The van der Waals surface area contributed by atoms with Gasteiger partial charge in [-0.05, 0) is 61.0 Å². The quantitative estimate of drug-likeness (QED) is 0.341. The second kappa shape index (κ2) is 10.9. The molecule has 1 amide bonds. The van der Waals surface area contributed by atoms with Gasteiger partial charge < -0.3 is 10.1 Å². The average Bonchev–Trinajstić information content (AvgIpc) is 3.27. The van der Waals surface area contributed by atoms with E-state index in [0.29, 0.717) is 17.6 Å². The first kappa shape index (κ1) is 23.4. The SMILES string of the molecule is CCOc1ccc(-c2nnc(SCC(=O)NCc3ccc(F)cc3)n2-c2ccccc2F)cc1. The van der Waals surface area contributed by atoms with Crippen LogP contribution in [0.3, 0.4) is 0 Å². The number of amides is 1. The van der Waals surface area contributed by atoms with Crippen LogP contribution in [0.25, 0.3) is 17.1 Å². The number of carbonyl (C=O) groups excluding carboxylic acids is 1. The number of benzene rings is 3. The smallest absolute Gasteiger partial charge is 0.230 e. The summed E-state index contributed by atoms with van der Waals surface area (Å²) >= 11 is 1.15. The number of ether oxygens (including phenoxy) is 1. The molecule has 3 aromatic carbocycles. The molecule has 0 atom stereocenters. The Morgan fingerprint density at radius 2 is 1.74 bits per heavy atom. The molecule has 0 spiro atoms. The summed E-state index contributed by atoms with van der Waals surface area (Å²) in [5.74, 6) is 0.216. The van der Waals surface area contributed by atoms with Gasteiger partial charge in [-0.15, -0.1) is 10.2 Å². The van der Waals surface area contributed by atoms with E-state index in [1.807, 2.05) is 31.2 Å². The highest BCUT2D eigenvalue weighted by Crippen LogP contribution is 2.30. The molecule has 0 unspecified atom stereocenters. The molecule has 0 bridgehead atoms. The van der Waals surface area contributed by atoms with Gasteiger partial charge in [0.25, 0.3) is 0 Å². The van der Waals surface area contributed by atoms with E-state index >= 15 is 0 Å².